The topological polar surface area (TPSA) is 75.3 Å². The molecule has 1 saturated carbocycles. The second-order valence-electron chi connectivity index (χ2n) is 7.35. The van der Waals surface area contributed by atoms with Crippen LogP contribution in [-0.4, -0.2) is 23.3 Å². The largest absolute Gasteiger partial charge is 0.465 e. The molecule has 0 aliphatic heterocycles. The van der Waals surface area contributed by atoms with E-state index in [2.05, 4.69) is 26.1 Å². The Morgan fingerprint density at radius 1 is 1.43 bits per heavy atom. The second kappa shape index (κ2) is 6.50. The van der Waals surface area contributed by atoms with Gasteiger partial charge in [-0.2, -0.15) is 0 Å². The fourth-order valence-corrected chi connectivity index (χ4v) is 3.91. The predicted molar refractivity (Wildman–Crippen MR) is 94.4 cm³/mol. The van der Waals surface area contributed by atoms with E-state index in [1.54, 1.807) is 0 Å². The van der Waals surface area contributed by atoms with Crippen molar-refractivity contribution in [1.29, 1.82) is 0 Å². The number of hydrogen-bond acceptors (Lipinski definition) is 2. The molecule has 0 radical (unpaired) electrons. The van der Waals surface area contributed by atoms with Gasteiger partial charge in [-0.25, -0.2) is 4.79 Å². The molecule has 1 amide bonds. The molecule has 1 fully saturated rings. The molecule has 0 heterocycles. The molecule has 4 nitrogen and oxygen atoms in total. The van der Waals surface area contributed by atoms with Gasteiger partial charge in [0.1, 0.15) is 0 Å². The van der Waals surface area contributed by atoms with E-state index in [9.17, 15) is 9.90 Å². The zero-order chi connectivity index (χ0) is 17.4. The van der Waals surface area contributed by atoms with Gasteiger partial charge in [0.05, 0.1) is 15.6 Å². The van der Waals surface area contributed by atoms with Crippen LogP contribution in [0.25, 0.3) is 0 Å². The van der Waals surface area contributed by atoms with Crippen molar-refractivity contribution in [2.24, 2.45) is 17.1 Å². The van der Waals surface area contributed by atoms with Crippen LogP contribution in [0, 0.1) is 11.3 Å². The monoisotopic (exact) mass is 358 g/mol. The van der Waals surface area contributed by atoms with Crippen LogP contribution < -0.4 is 11.1 Å². The summed E-state index contributed by atoms with van der Waals surface area (Å²) in [5.74, 6) is 0.209. The fourth-order valence-electron chi connectivity index (χ4n) is 3.46. The van der Waals surface area contributed by atoms with Gasteiger partial charge in [0.15, 0.2) is 0 Å². The lowest BCUT2D eigenvalue weighted by atomic mass is 9.81. The first-order valence-corrected chi connectivity index (χ1v) is 8.54. The molecule has 0 bridgehead atoms. The number of rotatable bonds is 5. The molecule has 2 atom stereocenters. The Balaban J connectivity index is 2.25. The van der Waals surface area contributed by atoms with Gasteiger partial charge in [-0.15, -0.1) is 0 Å². The number of hydrogen-bond donors (Lipinski definition) is 3. The van der Waals surface area contributed by atoms with Crippen molar-refractivity contribution in [3.8, 4) is 0 Å². The first-order valence-electron chi connectivity index (χ1n) is 7.78. The van der Waals surface area contributed by atoms with Gasteiger partial charge in [-0.1, -0.05) is 50.0 Å². The average molecular weight is 359 g/mol. The minimum atomic E-state index is -0.983. The maximum absolute atomic E-state index is 11.2. The summed E-state index contributed by atoms with van der Waals surface area (Å²) < 4.78 is 0. The average Bonchev–Trinajstić information content (AvgIpc) is 3.08. The van der Waals surface area contributed by atoms with Crippen LogP contribution in [0.4, 0.5) is 4.79 Å². The van der Waals surface area contributed by atoms with Gasteiger partial charge in [-0.3, -0.25) is 0 Å². The normalized spacial score (nSPS) is 23.7. The Bertz CT molecular complexity index is 613. The van der Waals surface area contributed by atoms with E-state index in [4.69, 9.17) is 28.9 Å². The number of halogens is 2. The van der Waals surface area contributed by atoms with Gasteiger partial charge in [-0.05, 0) is 54.3 Å². The number of carbonyl (C=O) groups is 1. The Kier molecular flexibility index (Phi) is 5.19. The molecule has 2 unspecified atom stereocenters. The second-order valence-corrected chi connectivity index (χ2v) is 8.13. The Morgan fingerprint density at radius 2 is 2.09 bits per heavy atom. The molecule has 0 aromatic heterocycles. The lowest BCUT2D eigenvalue weighted by Crippen LogP contribution is -2.47. The van der Waals surface area contributed by atoms with Gasteiger partial charge in [0.25, 0.3) is 0 Å². The highest BCUT2D eigenvalue weighted by atomic mass is 35.5. The van der Waals surface area contributed by atoms with Crippen LogP contribution in [0.1, 0.15) is 38.3 Å². The molecule has 1 aliphatic rings. The third-order valence-corrected chi connectivity index (χ3v) is 5.68. The molecule has 4 N–H and O–H groups in total. The minimum absolute atomic E-state index is 0.165. The highest BCUT2D eigenvalue weighted by Crippen LogP contribution is 2.56. The van der Waals surface area contributed by atoms with Gasteiger partial charge < -0.3 is 16.2 Å². The summed E-state index contributed by atoms with van der Waals surface area (Å²) >= 11 is 12.6. The highest BCUT2D eigenvalue weighted by molar-refractivity contribution is 6.42. The van der Waals surface area contributed by atoms with E-state index in [0.29, 0.717) is 23.0 Å². The molecule has 6 heteroatoms. The molecule has 0 saturated heterocycles. The lowest BCUT2D eigenvalue weighted by Gasteiger charge is -2.32. The number of benzene rings is 1. The van der Waals surface area contributed by atoms with Crippen LogP contribution >= 0.6 is 23.2 Å². The van der Waals surface area contributed by atoms with Crippen molar-refractivity contribution in [3.05, 3.63) is 33.3 Å². The van der Waals surface area contributed by atoms with Crippen molar-refractivity contribution >= 4 is 29.3 Å². The number of amides is 1. The summed E-state index contributed by atoms with van der Waals surface area (Å²) in [6, 6.07) is 3.88. The fraction of sp³-hybridized carbons (Fsp3) is 0.588. The summed E-state index contributed by atoms with van der Waals surface area (Å²) in [7, 11) is 0. The van der Waals surface area contributed by atoms with Gasteiger partial charge in [0, 0.05) is 0 Å². The van der Waals surface area contributed by atoms with Crippen LogP contribution in [0.2, 0.25) is 10.0 Å². The summed E-state index contributed by atoms with van der Waals surface area (Å²) in [6.07, 6.45) is 1.27. The number of nitrogens with one attached hydrogen (secondary N) is 1. The molecule has 1 aliphatic carbocycles. The highest BCUT2D eigenvalue weighted by Gasteiger charge is 2.61. The SMILES string of the molecule is CC(C)(C)C1(NC(=O)O)CC1Cc1cc(CCN)cc(Cl)c1Cl. The first-order chi connectivity index (χ1) is 10.6. The zero-order valence-electron chi connectivity index (χ0n) is 13.7. The van der Waals surface area contributed by atoms with Gasteiger partial charge >= 0.3 is 6.09 Å². The summed E-state index contributed by atoms with van der Waals surface area (Å²) in [6.45, 7) is 6.72. The Hall–Kier alpha value is -0.970. The maximum Gasteiger partial charge on any atom is 0.405 e. The molecule has 23 heavy (non-hydrogen) atoms. The van der Waals surface area contributed by atoms with Crippen LogP contribution in [0.5, 0.6) is 0 Å². The Morgan fingerprint density at radius 3 is 2.61 bits per heavy atom. The molecule has 0 spiro atoms. The van der Waals surface area contributed by atoms with Gasteiger partial charge in [0.2, 0.25) is 0 Å². The Labute approximate surface area is 147 Å². The summed E-state index contributed by atoms with van der Waals surface area (Å²) in [5.41, 5.74) is 7.06. The molecule has 1 aromatic rings. The maximum atomic E-state index is 11.2. The van der Waals surface area contributed by atoms with E-state index in [1.165, 1.54) is 0 Å². The van der Waals surface area contributed by atoms with Crippen molar-refractivity contribution in [3.63, 3.8) is 0 Å². The van der Waals surface area contributed by atoms with E-state index in [-0.39, 0.29) is 11.3 Å². The third kappa shape index (κ3) is 3.76. The van der Waals surface area contributed by atoms with Crippen LogP contribution in [0.3, 0.4) is 0 Å². The van der Waals surface area contributed by atoms with E-state index >= 15 is 0 Å². The van der Waals surface area contributed by atoms with Crippen molar-refractivity contribution in [2.75, 3.05) is 6.54 Å². The molecule has 1 aromatic carbocycles. The number of carboxylic acid groups (broad SMARTS) is 1. The predicted octanol–water partition coefficient (Wildman–Crippen LogP) is 4.11. The minimum Gasteiger partial charge on any atom is -0.465 e. The molecular formula is C17H24Cl2N2O2. The van der Waals surface area contributed by atoms with Crippen LogP contribution in [-0.2, 0) is 12.8 Å². The smallest absolute Gasteiger partial charge is 0.405 e. The number of nitrogens with two attached hydrogens (primary N) is 1. The molecule has 2 rings (SSSR count). The first kappa shape index (κ1) is 18.4. The third-order valence-electron chi connectivity index (χ3n) is 4.84. The molecule has 128 valence electrons. The summed E-state index contributed by atoms with van der Waals surface area (Å²) in [4.78, 5) is 11.2. The molecular weight excluding hydrogens is 335 g/mol. The van der Waals surface area contributed by atoms with E-state index < -0.39 is 11.6 Å². The van der Waals surface area contributed by atoms with E-state index in [0.717, 1.165) is 24.0 Å². The van der Waals surface area contributed by atoms with Crippen molar-refractivity contribution < 1.29 is 9.90 Å². The standard InChI is InChI=1S/C17H24Cl2N2O2/c1-16(2,3)17(21-15(22)23)9-12(17)8-11-6-10(4-5-20)7-13(18)14(11)19/h6-7,12,21H,4-5,8-9,20H2,1-3H3,(H,22,23). The zero-order valence-corrected chi connectivity index (χ0v) is 15.3. The van der Waals surface area contributed by atoms with Crippen molar-refractivity contribution in [2.45, 2.75) is 45.6 Å². The van der Waals surface area contributed by atoms with E-state index in [1.807, 2.05) is 12.1 Å². The lowest BCUT2D eigenvalue weighted by molar-refractivity contribution is 0.163. The summed E-state index contributed by atoms with van der Waals surface area (Å²) in [5, 5.41) is 13.0. The van der Waals surface area contributed by atoms with Crippen molar-refractivity contribution in [1.82, 2.24) is 5.32 Å². The van der Waals surface area contributed by atoms with Crippen LogP contribution in [0.15, 0.2) is 12.1 Å². The quantitative estimate of drug-likeness (QED) is 0.741.